The summed E-state index contributed by atoms with van der Waals surface area (Å²) in [5.74, 6) is -1.83. The molecule has 0 N–H and O–H groups in total. The van der Waals surface area contributed by atoms with Crippen LogP contribution in [-0.4, -0.2) is 24.2 Å². The monoisotopic (exact) mass is 513 g/mol. The van der Waals surface area contributed by atoms with Gasteiger partial charge in [0.05, 0.1) is 39.9 Å². The molecule has 37 heavy (non-hydrogen) atoms. The largest absolute Gasteiger partial charge is 0.545 e. The van der Waals surface area contributed by atoms with Crippen molar-refractivity contribution in [1.29, 1.82) is 0 Å². The highest BCUT2D eigenvalue weighted by molar-refractivity contribution is 5.85. The van der Waals surface area contributed by atoms with E-state index >= 15 is 0 Å². The van der Waals surface area contributed by atoms with Crippen LogP contribution in [0.1, 0.15) is 45.9 Å². The Labute approximate surface area is 206 Å². The van der Waals surface area contributed by atoms with E-state index < -0.39 is 40.6 Å². The van der Waals surface area contributed by atoms with E-state index in [1.165, 1.54) is 40.4 Å². The molecule has 0 radical (unpaired) electrons. The summed E-state index contributed by atoms with van der Waals surface area (Å²) in [5, 5.41) is 11.9. The van der Waals surface area contributed by atoms with Crippen LogP contribution in [0.15, 0.2) is 57.0 Å². The van der Waals surface area contributed by atoms with Gasteiger partial charge in [-0.3, -0.25) is 23.1 Å². The van der Waals surface area contributed by atoms with Crippen molar-refractivity contribution in [3.05, 3.63) is 96.2 Å². The lowest BCUT2D eigenvalue weighted by Gasteiger charge is -2.29. The Balaban J connectivity index is 1.79. The van der Waals surface area contributed by atoms with E-state index in [0.717, 1.165) is 16.8 Å². The first-order valence-corrected chi connectivity index (χ1v) is 11.4. The zero-order chi connectivity index (χ0) is 26.8. The van der Waals surface area contributed by atoms with E-state index in [1.807, 2.05) is 0 Å². The predicted molar refractivity (Wildman–Crippen MR) is 125 cm³/mol. The van der Waals surface area contributed by atoms with E-state index in [2.05, 4.69) is 0 Å². The smallest absolute Gasteiger partial charge is 0.416 e. The first-order valence-electron chi connectivity index (χ1n) is 11.4. The second-order valence-corrected chi connectivity index (χ2v) is 9.01. The minimum Gasteiger partial charge on any atom is -0.545 e. The zero-order valence-corrected chi connectivity index (χ0v) is 19.7. The molecule has 4 aromatic rings. The molecule has 0 aliphatic heterocycles. The minimum atomic E-state index is -4.63. The van der Waals surface area contributed by atoms with E-state index in [-0.39, 0.29) is 41.8 Å². The van der Waals surface area contributed by atoms with Gasteiger partial charge in [-0.1, -0.05) is 12.1 Å². The van der Waals surface area contributed by atoms with E-state index in [9.17, 15) is 37.5 Å². The number of hydrogen-bond acceptors (Lipinski definition) is 5. The summed E-state index contributed by atoms with van der Waals surface area (Å²) < 4.78 is 45.4. The molecule has 2 heterocycles. The molecule has 0 saturated carbocycles. The number of imidazole rings is 1. The molecule has 2 aromatic carbocycles. The Hall–Kier alpha value is -4.35. The second-order valence-electron chi connectivity index (χ2n) is 9.01. The maximum atomic E-state index is 13.7. The highest BCUT2D eigenvalue weighted by Gasteiger charge is 2.37. The number of nitrogens with zero attached hydrogens (tertiary/aromatic N) is 4. The van der Waals surface area contributed by atoms with E-state index in [4.69, 9.17) is 0 Å². The summed E-state index contributed by atoms with van der Waals surface area (Å²) >= 11 is 0. The molecule has 5 rings (SSSR count). The first-order chi connectivity index (χ1) is 17.4. The lowest BCUT2D eigenvalue weighted by molar-refractivity contribution is -0.255. The normalized spacial score (nSPS) is 15.6. The predicted octanol–water partition coefficient (Wildman–Crippen LogP) is 1.50. The number of aryl methyl sites for hydroxylation is 2. The number of aromatic carboxylic acids is 1. The zero-order valence-electron chi connectivity index (χ0n) is 19.7. The van der Waals surface area contributed by atoms with Crippen molar-refractivity contribution in [2.24, 2.45) is 14.1 Å². The van der Waals surface area contributed by atoms with Gasteiger partial charge in [0, 0.05) is 20.3 Å². The van der Waals surface area contributed by atoms with Gasteiger partial charge < -0.3 is 9.90 Å². The number of hydrogen-bond donors (Lipinski definition) is 0. The van der Waals surface area contributed by atoms with Gasteiger partial charge in [0.25, 0.3) is 5.56 Å². The Morgan fingerprint density at radius 1 is 1.00 bits per heavy atom. The van der Waals surface area contributed by atoms with Crippen LogP contribution in [0.3, 0.4) is 0 Å². The van der Waals surface area contributed by atoms with E-state index in [1.54, 1.807) is 13.1 Å². The molecule has 0 bridgehead atoms. The maximum absolute atomic E-state index is 13.7. The first kappa shape index (κ1) is 24.3. The number of carboxylic acid groups (broad SMARTS) is 1. The lowest BCUT2D eigenvalue weighted by Crippen LogP contribution is -2.46. The van der Waals surface area contributed by atoms with Crippen molar-refractivity contribution < 1.29 is 23.1 Å². The molecular weight excluding hydrogens is 493 g/mol. The summed E-state index contributed by atoms with van der Waals surface area (Å²) in [4.78, 5) is 51.0. The Kier molecular flexibility index (Phi) is 5.50. The van der Waals surface area contributed by atoms with Crippen molar-refractivity contribution in [2.75, 3.05) is 0 Å². The van der Waals surface area contributed by atoms with E-state index in [0.29, 0.717) is 15.6 Å². The summed E-state index contributed by atoms with van der Waals surface area (Å²) in [6.07, 6.45) is -3.28. The molecule has 192 valence electrons. The van der Waals surface area contributed by atoms with Crippen LogP contribution in [0.25, 0.3) is 16.7 Å². The average Bonchev–Trinajstić information content (AvgIpc) is 3.06. The van der Waals surface area contributed by atoms with Crippen LogP contribution in [0.4, 0.5) is 13.2 Å². The molecule has 9 nitrogen and oxygen atoms in total. The number of fused-ring (bicyclic) bond motifs is 2. The van der Waals surface area contributed by atoms with Crippen molar-refractivity contribution in [3.8, 4) is 5.69 Å². The van der Waals surface area contributed by atoms with Gasteiger partial charge in [-0.05, 0) is 54.7 Å². The molecule has 0 amide bonds. The molecule has 1 atom stereocenters. The highest BCUT2D eigenvalue weighted by atomic mass is 19.4. The Morgan fingerprint density at radius 3 is 2.38 bits per heavy atom. The summed E-state index contributed by atoms with van der Waals surface area (Å²) in [6.45, 7) is 0. The fourth-order valence-corrected chi connectivity index (χ4v) is 5.17. The minimum absolute atomic E-state index is 0.0244. The summed E-state index contributed by atoms with van der Waals surface area (Å²) in [7, 11) is 3.10. The van der Waals surface area contributed by atoms with Gasteiger partial charge in [-0.25, -0.2) is 9.59 Å². The van der Waals surface area contributed by atoms with Crippen molar-refractivity contribution >= 4 is 17.0 Å². The second kappa shape index (κ2) is 8.36. The third-order valence-electron chi connectivity index (χ3n) is 6.97. The molecule has 0 spiro atoms. The quantitative estimate of drug-likeness (QED) is 0.412. The van der Waals surface area contributed by atoms with Crippen LogP contribution in [0, 0.1) is 0 Å². The van der Waals surface area contributed by atoms with Crippen LogP contribution >= 0.6 is 0 Å². The third-order valence-corrected chi connectivity index (χ3v) is 6.97. The lowest BCUT2D eigenvalue weighted by atomic mass is 9.84. The Bertz CT molecular complexity index is 1770. The molecule has 0 saturated heterocycles. The third kappa shape index (κ3) is 3.71. The molecule has 1 aliphatic rings. The van der Waals surface area contributed by atoms with Gasteiger partial charge in [0.15, 0.2) is 0 Å². The fourth-order valence-electron chi connectivity index (χ4n) is 5.17. The van der Waals surface area contributed by atoms with Crippen LogP contribution in [0.2, 0.25) is 0 Å². The van der Waals surface area contributed by atoms with Gasteiger partial charge in [0.2, 0.25) is 0 Å². The van der Waals surface area contributed by atoms with Crippen molar-refractivity contribution in [2.45, 2.75) is 31.5 Å². The number of rotatable bonds is 3. The molecule has 1 unspecified atom stereocenters. The molecule has 0 fully saturated rings. The summed E-state index contributed by atoms with van der Waals surface area (Å²) in [6, 6.07) is 6.99. The molecular formula is C25H20F3N4O5-. The van der Waals surface area contributed by atoms with Crippen LogP contribution in [-0.2, 0) is 26.7 Å². The number of alkyl halides is 3. The fraction of sp³-hybridized carbons (Fsp3) is 0.280. The molecule has 12 heteroatoms. The maximum Gasteiger partial charge on any atom is 0.416 e. The van der Waals surface area contributed by atoms with Crippen molar-refractivity contribution in [3.63, 3.8) is 0 Å². The Morgan fingerprint density at radius 2 is 1.70 bits per heavy atom. The standard InChI is InChI=1S/C25H21F3N4O5/c1-29-19-10-9-13(11-20(19)30(2)23(29)36)31-12-16(22(34)35)21(33)32(24(31)37)18-8-4-5-14-15(18)6-3-7-17(14)25(26,27)28/h3,6-7,9-12,18H,4-5,8H2,1-2H3,(H,34,35)/p-1. The number of benzene rings is 2. The molecule has 1 aliphatic carbocycles. The topological polar surface area (TPSA) is 111 Å². The van der Waals surface area contributed by atoms with Crippen LogP contribution in [0.5, 0.6) is 0 Å². The number of carboxylic acids is 1. The van der Waals surface area contributed by atoms with Gasteiger partial charge in [-0.15, -0.1) is 0 Å². The number of aromatic nitrogens is 4. The highest BCUT2D eigenvalue weighted by Crippen LogP contribution is 2.40. The number of halogens is 3. The SMILES string of the molecule is Cn1c(=O)n(C)c2cc(-n3cc(C(=O)[O-])c(=O)n(C4CCCc5c4cccc5C(F)(F)F)c3=O)ccc21. The number of carbonyl (C=O) groups is 1. The summed E-state index contributed by atoms with van der Waals surface area (Å²) in [5.41, 5.74) is -2.80. The number of carbonyl (C=O) groups excluding carboxylic acids is 1. The molecule has 2 aromatic heterocycles. The van der Waals surface area contributed by atoms with Gasteiger partial charge in [0.1, 0.15) is 0 Å². The van der Waals surface area contributed by atoms with Crippen LogP contribution < -0.4 is 22.0 Å². The van der Waals surface area contributed by atoms with Gasteiger partial charge in [-0.2, -0.15) is 13.2 Å². The average molecular weight is 513 g/mol. The van der Waals surface area contributed by atoms with Crippen molar-refractivity contribution in [1.82, 2.24) is 18.3 Å². The van der Waals surface area contributed by atoms with Gasteiger partial charge >= 0.3 is 17.6 Å².